The molecule has 2 aromatic carbocycles. The van der Waals surface area contributed by atoms with Crippen molar-refractivity contribution < 1.29 is 12.8 Å². The van der Waals surface area contributed by atoms with Gasteiger partial charge in [-0.05, 0) is 48.9 Å². The van der Waals surface area contributed by atoms with E-state index in [4.69, 9.17) is 11.6 Å². The van der Waals surface area contributed by atoms with E-state index in [-0.39, 0.29) is 5.82 Å². The third-order valence-corrected chi connectivity index (χ3v) is 6.08. The van der Waals surface area contributed by atoms with Crippen LogP contribution in [-0.4, -0.2) is 25.6 Å². The second kappa shape index (κ2) is 5.62. The number of hydrogen-bond acceptors (Lipinski definition) is 3. The Morgan fingerprint density at radius 2 is 1.83 bits per heavy atom. The summed E-state index contributed by atoms with van der Waals surface area (Å²) in [6.07, 6.45) is 0. The minimum absolute atomic E-state index is 0.372. The van der Waals surface area contributed by atoms with E-state index < -0.39 is 15.3 Å². The molecule has 3 rings (SSSR count). The Hall–Kier alpha value is -1.92. The van der Waals surface area contributed by atoms with Crippen LogP contribution in [0.15, 0.2) is 47.6 Å². The molecule has 1 aliphatic heterocycles. The van der Waals surface area contributed by atoms with Gasteiger partial charge in [-0.3, -0.25) is 0 Å². The molecule has 1 heterocycles. The Balaban J connectivity index is 2.31. The van der Waals surface area contributed by atoms with Gasteiger partial charge in [-0.15, -0.1) is 0 Å². The second-order valence-corrected chi connectivity index (χ2v) is 8.01. The summed E-state index contributed by atoms with van der Waals surface area (Å²) in [5.41, 5.74) is 2.30. The van der Waals surface area contributed by atoms with Crippen molar-refractivity contribution in [1.82, 2.24) is 4.41 Å². The molecule has 7 heteroatoms. The molecule has 1 atom stereocenters. The van der Waals surface area contributed by atoms with Crippen LogP contribution in [0.1, 0.15) is 28.9 Å². The Morgan fingerprint density at radius 3 is 2.48 bits per heavy atom. The summed E-state index contributed by atoms with van der Waals surface area (Å²) >= 11 is 6.09. The highest BCUT2D eigenvalue weighted by Crippen LogP contribution is 2.34. The quantitative estimate of drug-likeness (QED) is 0.787. The molecule has 2 aromatic rings. The van der Waals surface area contributed by atoms with Crippen LogP contribution in [0.25, 0.3) is 0 Å². The van der Waals surface area contributed by atoms with Gasteiger partial charge in [0, 0.05) is 23.2 Å². The predicted octanol–water partition coefficient (Wildman–Crippen LogP) is 3.57. The number of hydrazone groups is 1. The maximum atomic E-state index is 13.2. The van der Waals surface area contributed by atoms with Crippen molar-refractivity contribution in [3.63, 3.8) is 0 Å². The topological polar surface area (TPSA) is 49.7 Å². The van der Waals surface area contributed by atoms with Crippen molar-refractivity contribution in [2.75, 3.05) is 7.05 Å². The number of benzene rings is 2. The van der Waals surface area contributed by atoms with E-state index in [0.29, 0.717) is 27.4 Å². The molecular formula is C16H14ClFN2O2S. The normalized spacial score (nSPS) is 19.7. The third-order valence-electron chi connectivity index (χ3n) is 3.88. The molecule has 1 aliphatic rings. The minimum atomic E-state index is -3.62. The van der Waals surface area contributed by atoms with E-state index in [9.17, 15) is 12.8 Å². The van der Waals surface area contributed by atoms with Gasteiger partial charge in [0.05, 0.1) is 5.71 Å². The molecule has 0 N–H and O–H groups in total. The van der Waals surface area contributed by atoms with Gasteiger partial charge < -0.3 is 0 Å². The van der Waals surface area contributed by atoms with Crippen molar-refractivity contribution in [2.24, 2.45) is 5.10 Å². The molecule has 0 aliphatic carbocycles. The maximum absolute atomic E-state index is 13.2. The number of fused-ring (bicyclic) bond motifs is 1. The van der Waals surface area contributed by atoms with E-state index >= 15 is 0 Å². The van der Waals surface area contributed by atoms with Crippen LogP contribution in [0, 0.1) is 5.82 Å². The van der Waals surface area contributed by atoms with Crippen LogP contribution in [0.4, 0.5) is 4.39 Å². The molecule has 4 nitrogen and oxygen atoms in total. The maximum Gasteiger partial charge on any atom is 0.256 e. The molecule has 120 valence electrons. The van der Waals surface area contributed by atoms with Gasteiger partial charge in [-0.2, -0.15) is 9.52 Å². The fraction of sp³-hybridized carbons (Fsp3) is 0.188. The number of sulfonamides is 1. The molecule has 0 fully saturated rings. The fourth-order valence-electron chi connectivity index (χ4n) is 2.55. The highest BCUT2D eigenvalue weighted by atomic mass is 35.5. The standard InChI is InChI=1S/C16H14ClFN2O2S/c1-10-14-8-5-12(17)9-15(14)16(19-20(2)23(10,21)22)11-3-6-13(18)7-4-11/h3-10H,1-2H3. The number of halogens is 2. The summed E-state index contributed by atoms with van der Waals surface area (Å²) in [4.78, 5) is 0. The van der Waals surface area contributed by atoms with E-state index in [0.717, 1.165) is 4.41 Å². The van der Waals surface area contributed by atoms with Crippen LogP contribution in [0.3, 0.4) is 0 Å². The van der Waals surface area contributed by atoms with E-state index in [1.807, 2.05) is 0 Å². The number of nitrogens with zero attached hydrogens (tertiary/aromatic N) is 2. The first-order valence-electron chi connectivity index (χ1n) is 6.93. The lowest BCUT2D eigenvalue weighted by Crippen LogP contribution is -2.25. The van der Waals surface area contributed by atoms with Crippen LogP contribution in [0.5, 0.6) is 0 Å². The summed E-state index contributed by atoms with van der Waals surface area (Å²) in [6.45, 7) is 1.61. The first-order valence-corrected chi connectivity index (χ1v) is 8.81. The van der Waals surface area contributed by atoms with Crippen LogP contribution in [0.2, 0.25) is 5.02 Å². The van der Waals surface area contributed by atoms with E-state index in [1.165, 1.54) is 19.2 Å². The SMILES string of the molecule is CC1c2ccc(Cl)cc2C(c2ccc(F)cc2)=NN(C)S1(=O)=O. The van der Waals surface area contributed by atoms with Gasteiger partial charge in [0.1, 0.15) is 11.1 Å². The van der Waals surface area contributed by atoms with Gasteiger partial charge in [-0.25, -0.2) is 12.8 Å². The molecule has 0 radical (unpaired) electrons. The Morgan fingerprint density at radius 1 is 1.17 bits per heavy atom. The smallest absolute Gasteiger partial charge is 0.207 e. The Kier molecular flexibility index (Phi) is 3.90. The van der Waals surface area contributed by atoms with Crippen molar-refractivity contribution in [2.45, 2.75) is 12.2 Å². The van der Waals surface area contributed by atoms with Gasteiger partial charge in [0.2, 0.25) is 0 Å². The lowest BCUT2D eigenvalue weighted by atomic mass is 9.96. The Bertz CT molecular complexity index is 895. The zero-order valence-electron chi connectivity index (χ0n) is 12.5. The summed E-state index contributed by atoms with van der Waals surface area (Å²) in [6, 6.07) is 10.8. The average molecular weight is 353 g/mol. The van der Waals surface area contributed by atoms with Crippen LogP contribution < -0.4 is 0 Å². The molecule has 0 saturated heterocycles. The van der Waals surface area contributed by atoms with E-state index in [1.54, 1.807) is 37.3 Å². The highest BCUT2D eigenvalue weighted by molar-refractivity contribution is 7.89. The molecule has 23 heavy (non-hydrogen) atoms. The monoisotopic (exact) mass is 352 g/mol. The molecule has 0 amide bonds. The summed E-state index contributed by atoms with van der Waals surface area (Å²) in [5, 5.41) is 3.96. The van der Waals surface area contributed by atoms with Gasteiger partial charge in [0.25, 0.3) is 10.0 Å². The van der Waals surface area contributed by atoms with Crippen molar-refractivity contribution in [3.05, 3.63) is 70.0 Å². The van der Waals surface area contributed by atoms with Crippen molar-refractivity contribution in [1.29, 1.82) is 0 Å². The molecule has 0 aromatic heterocycles. The van der Waals surface area contributed by atoms with Gasteiger partial charge in [0.15, 0.2) is 0 Å². The molecule has 1 unspecified atom stereocenters. The predicted molar refractivity (Wildman–Crippen MR) is 88.6 cm³/mol. The first kappa shape index (κ1) is 16.0. The minimum Gasteiger partial charge on any atom is -0.207 e. The fourth-order valence-corrected chi connectivity index (χ4v) is 3.90. The molecular weight excluding hydrogens is 339 g/mol. The summed E-state index contributed by atoms with van der Waals surface area (Å²) in [5.74, 6) is -0.372. The average Bonchev–Trinajstić information content (AvgIpc) is 2.58. The van der Waals surface area contributed by atoms with Crippen LogP contribution in [-0.2, 0) is 10.0 Å². The number of rotatable bonds is 1. The first-order chi connectivity index (χ1) is 10.8. The largest absolute Gasteiger partial charge is 0.256 e. The lowest BCUT2D eigenvalue weighted by Gasteiger charge is -2.17. The molecule has 0 bridgehead atoms. The van der Waals surface area contributed by atoms with Gasteiger partial charge >= 0.3 is 0 Å². The Labute approximate surface area is 139 Å². The van der Waals surface area contributed by atoms with E-state index in [2.05, 4.69) is 5.10 Å². The molecule has 0 spiro atoms. The van der Waals surface area contributed by atoms with Gasteiger partial charge in [-0.1, -0.05) is 17.7 Å². The molecule has 0 saturated carbocycles. The van der Waals surface area contributed by atoms with Crippen LogP contribution >= 0.6 is 11.6 Å². The second-order valence-electron chi connectivity index (χ2n) is 5.31. The zero-order chi connectivity index (χ0) is 16.8. The highest BCUT2D eigenvalue weighted by Gasteiger charge is 2.33. The van der Waals surface area contributed by atoms with Crippen molar-refractivity contribution in [3.8, 4) is 0 Å². The zero-order valence-corrected chi connectivity index (χ0v) is 14.1. The summed E-state index contributed by atoms with van der Waals surface area (Å²) < 4.78 is 39.2. The third kappa shape index (κ3) is 2.72. The lowest BCUT2D eigenvalue weighted by molar-refractivity contribution is 0.482. The summed E-state index contributed by atoms with van der Waals surface area (Å²) in [7, 11) is -2.23. The van der Waals surface area contributed by atoms with Crippen molar-refractivity contribution >= 4 is 27.3 Å². The number of hydrogen-bond donors (Lipinski definition) is 0.